The summed E-state index contributed by atoms with van der Waals surface area (Å²) < 4.78 is 8.29. The van der Waals surface area contributed by atoms with Crippen LogP contribution in [0.15, 0.2) is 60.2 Å². The Kier molecular flexibility index (Phi) is 17.6. The van der Waals surface area contributed by atoms with Crippen LogP contribution in [0.2, 0.25) is 0 Å². The van der Waals surface area contributed by atoms with Gasteiger partial charge in [0.15, 0.2) is 12.7 Å². The molecule has 0 bridgehead atoms. The first kappa shape index (κ1) is 35.0. The molecule has 0 aliphatic rings. The summed E-state index contributed by atoms with van der Waals surface area (Å²) in [5.74, 6) is 1.02. The van der Waals surface area contributed by atoms with Crippen molar-refractivity contribution < 1.29 is 31.1 Å². The van der Waals surface area contributed by atoms with Crippen LogP contribution in [0, 0.1) is 6.92 Å². The number of carbonyl (C=O) groups excluding carboxylic acids is 1. The van der Waals surface area contributed by atoms with Crippen LogP contribution in [0.5, 0.6) is 5.75 Å². The third-order valence-electron chi connectivity index (χ3n) is 7.42. The fourth-order valence-corrected chi connectivity index (χ4v) is 5.76. The lowest BCUT2D eigenvalue weighted by atomic mass is 10.1. The van der Waals surface area contributed by atoms with E-state index in [1.165, 1.54) is 81.1 Å². The van der Waals surface area contributed by atoms with Gasteiger partial charge in [0.05, 0.1) is 18.0 Å². The maximum absolute atomic E-state index is 13.0. The minimum absolute atomic E-state index is 0. The predicted octanol–water partition coefficient (Wildman–Crippen LogP) is 6.42. The van der Waals surface area contributed by atoms with Gasteiger partial charge in [-0.15, -0.1) is 0 Å². The van der Waals surface area contributed by atoms with Gasteiger partial charge in [0.1, 0.15) is 5.75 Å². The predicted molar refractivity (Wildman–Crippen MR) is 169 cm³/mol. The van der Waals surface area contributed by atoms with Crippen molar-refractivity contribution in [3.8, 4) is 5.75 Å². The van der Waals surface area contributed by atoms with Crippen LogP contribution < -0.4 is 31.2 Å². The highest BCUT2D eigenvalue weighted by molar-refractivity contribution is 7.09. The summed E-state index contributed by atoms with van der Waals surface area (Å²) in [6.45, 7) is 8.42. The van der Waals surface area contributed by atoms with Crippen molar-refractivity contribution in [2.45, 2.75) is 117 Å². The van der Waals surface area contributed by atoms with Crippen molar-refractivity contribution in [3.05, 3.63) is 76.2 Å². The standard InChI is InChI=1S/C35H51N2O2S.BrH/c1-4-6-7-8-9-10-11-12-13-14-15-16-23-39-34-22-18-20-32(25-34)28-37(35(38)5-2)33-21-17-19-31(24-33)27-36-26-30(3)40-29-36;/h17-22,24-26,29H,4-16,23,27-28H2,1-3H3;1H/q+1;/p-1. The lowest BCUT2D eigenvalue weighted by Crippen LogP contribution is -3.00. The number of aryl methyl sites for hydroxylation is 1. The number of amides is 1. The van der Waals surface area contributed by atoms with Crippen molar-refractivity contribution in [1.82, 2.24) is 0 Å². The summed E-state index contributed by atoms with van der Waals surface area (Å²) >= 11 is 1.75. The van der Waals surface area contributed by atoms with Gasteiger partial charge < -0.3 is 26.6 Å². The summed E-state index contributed by atoms with van der Waals surface area (Å²) in [5.41, 5.74) is 5.36. The second kappa shape index (κ2) is 20.7. The van der Waals surface area contributed by atoms with Crippen LogP contribution in [0.25, 0.3) is 0 Å². The van der Waals surface area contributed by atoms with Gasteiger partial charge in [0, 0.05) is 17.7 Å². The number of nitrogens with zero attached hydrogens (tertiary/aromatic N) is 2. The van der Waals surface area contributed by atoms with E-state index in [-0.39, 0.29) is 22.9 Å². The van der Waals surface area contributed by atoms with Gasteiger partial charge in [0.2, 0.25) is 11.4 Å². The largest absolute Gasteiger partial charge is 1.00 e. The molecule has 4 nitrogen and oxygen atoms in total. The number of benzene rings is 2. The second-order valence-corrected chi connectivity index (χ2v) is 12.1. The highest BCUT2D eigenvalue weighted by atomic mass is 79.9. The number of halogens is 1. The van der Waals surface area contributed by atoms with Crippen LogP contribution >= 0.6 is 11.3 Å². The average molecular weight is 644 g/mol. The van der Waals surface area contributed by atoms with Crippen LogP contribution in [0.4, 0.5) is 5.69 Å². The zero-order valence-corrected chi connectivity index (χ0v) is 28.0. The van der Waals surface area contributed by atoms with Crippen LogP contribution in [0.1, 0.15) is 113 Å². The van der Waals surface area contributed by atoms with Crippen LogP contribution in [-0.2, 0) is 17.9 Å². The number of aromatic nitrogens is 1. The third-order valence-corrected chi connectivity index (χ3v) is 8.27. The monoisotopic (exact) mass is 642 g/mol. The number of hydrogen-bond acceptors (Lipinski definition) is 3. The molecule has 0 N–H and O–H groups in total. The fraction of sp³-hybridized carbons (Fsp3) is 0.543. The number of ether oxygens (including phenoxy) is 1. The Morgan fingerprint density at radius 2 is 1.46 bits per heavy atom. The molecular weight excluding hydrogens is 592 g/mol. The Hall–Kier alpha value is -2.18. The van der Waals surface area contributed by atoms with Gasteiger partial charge in [-0.05, 0) is 43.2 Å². The third kappa shape index (κ3) is 13.6. The van der Waals surface area contributed by atoms with E-state index in [4.69, 9.17) is 4.74 Å². The molecular formula is C35H51BrN2O2S. The van der Waals surface area contributed by atoms with Crippen LogP contribution in [-0.4, -0.2) is 12.5 Å². The molecule has 0 fully saturated rings. The molecule has 6 heteroatoms. The summed E-state index contributed by atoms with van der Waals surface area (Å²) in [5, 5.41) is 0. The minimum Gasteiger partial charge on any atom is -1.00 e. The number of thiazole rings is 1. The molecule has 0 atom stereocenters. The van der Waals surface area contributed by atoms with Crippen molar-refractivity contribution in [2.24, 2.45) is 0 Å². The van der Waals surface area contributed by atoms with Gasteiger partial charge in [-0.3, -0.25) is 4.79 Å². The Morgan fingerprint density at radius 1 is 0.829 bits per heavy atom. The number of anilines is 1. The van der Waals surface area contributed by atoms with Gasteiger partial charge in [-0.25, -0.2) is 0 Å². The summed E-state index contributed by atoms with van der Waals surface area (Å²) in [4.78, 5) is 16.2. The van der Waals surface area contributed by atoms with Crippen molar-refractivity contribution >= 4 is 22.9 Å². The molecule has 0 aliphatic heterocycles. The zero-order chi connectivity index (χ0) is 28.4. The Labute approximate surface area is 263 Å². The minimum atomic E-state index is 0. The zero-order valence-electron chi connectivity index (χ0n) is 25.6. The first-order valence-electron chi connectivity index (χ1n) is 15.6. The Bertz CT molecular complexity index is 1130. The topological polar surface area (TPSA) is 33.4 Å². The quantitative estimate of drug-likeness (QED) is 0.105. The van der Waals surface area contributed by atoms with E-state index < -0.39 is 0 Å². The molecule has 0 saturated heterocycles. The summed E-state index contributed by atoms with van der Waals surface area (Å²) in [6, 6.07) is 16.6. The van der Waals surface area contributed by atoms with E-state index >= 15 is 0 Å². The van der Waals surface area contributed by atoms with Crippen LogP contribution in [0.3, 0.4) is 0 Å². The van der Waals surface area contributed by atoms with Crippen molar-refractivity contribution in [2.75, 3.05) is 11.5 Å². The first-order valence-corrected chi connectivity index (χ1v) is 16.5. The summed E-state index contributed by atoms with van der Waals surface area (Å²) in [7, 11) is 0. The lowest BCUT2D eigenvalue weighted by molar-refractivity contribution is -0.683. The van der Waals surface area contributed by atoms with E-state index in [1.54, 1.807) is 11.3 Å². The maximum atomic E-state index is 13.0. The summed E-state index contributed by atoms with van der Waals surface area (Å²) in [6.07, 6.45) is 18.8. The molecule has 1 amide bonds. The van der Waals surface area contributed by atoms with Gasteiger partial charge >= 0.3 is 0 Å². The van der Waals surface area contributed by atoms with E-state index in [1.807, 2.05) is 30.0 Å². The number of unbranched alkanes of at least 4 members (excludes halogenated alkanes) is 11. The molecule has 0 aliphatic carbocycles. The molecule has 41 heavy (non-hydrogen) atoms. The molecule has 226 valence electrons. The number of rotatable bonds is 20. The second-order valence-electron chi connectivity index (χ2n) is 11.0. The Balaban J connectivity index is 0.00000588. The van der Waals surface area contributed by atoms with E-state index in [9.17, 15) is 4.79 Å². The van der Waals surface area contributed by atoms with E-state index in [2.05, 4.69) is 60.5 Å². The molecule has 2 aromatic carbocycles. The smallest absolute Gasteiger partial charge is 0.227 e. The molecule has 1 heterocycles. The SMILES string of the molecule is CCCCCCCCCCCCCCOc1cccc(CN(C(=O)CC)c2cccc(C[n+]3csc(C)c3)c2)c1.[Br-]. The highest BCUT2D eigenvalue weighted by Gasteiger charge is 2.16. The molecule has 0 radical (unpaired) electrons. The normalized spacial score (nSPS) is 10.8. The van der Waals surface area contributed by atoms with E-state index in [0.717, 1.165) is 36.6 Å². The molecule has 0 unspecified atom stereocenters. The van der Waals surface area contributed by atoms with Gasteiger partial charge in [-0.1, -0.05) is 120 Å². The molecule has 0 spiro atoms. The van der Waals surface area contributed by atoms with Crippen molar-refractivity contribution in [1.29, 1.82) is 0 Å². The maximum Gasteiger partial charge on any atom is 0.227 e. The van der Waals surface area contributed by atoms with E-state index in [0.29, 0.717) is 13.0 Å². The van der Waals surface area contributed by atoms with Gasteiger partial charge in [0.25, 0.3) is 0 Å². The molecule has 1 aromatic heterocycles. The van der Waals surface area contributed by atoms with Gasteiger partial charge in [-0.2, -0.15) is 4.57 Å². The highest BCUT2D eigenvalue weighted by Crippen LogP contribution is 2.23. The Morgan fingerprint density at radius 3 is 2.10 bits per heavy atom. The average Bonchev–Trinajstić information content (AvgIpc) is 3.38. The number of hydrogen-bond donors (Lipinski definition) is 0. The van der Waals surface area contributed by atoms with Crippen molar-refractivity contribution in [3.63, 3.8) is 0 Å². The molecule has 3 aromatic rings. The number of carbonyl (C=O) groups is 1. The fourth-order valence-electron chi connectivity index (χ4n) is 5.13. The lowest BCUT2D eigenvalue weighted by Gasteiger charge is -2.23. The first-order chi connectivity index (χ1) is 19.6. The molecule has 3 rings (SSSR count). The molecule has 0 saturated carbocycles.